The van der Waals surface area contributed by atoms with E-state index < -0.39 is 11.7 Å². The van der Waals surface area contributed by atoms with E-state index in [1.54, 1.807) is 0 Å². The molecule has 3 heterocycles. The highest BCUT2D eigenvalue weighted by atomic mass is 19.4. The second-order valence-electron chi connectivity index (χ2n) is 9.38. The zero-order valence-electron chi connectivity index (χ0n) is 17.0. The van der Waals surface area contributed by atoms with Gasteiger partial charge in [-0.3, -0.25) is 0 Å². The van der Waals surface area contributed by atoms with Gasteiger partial charge in [0.2, 0.25) is 11.8 Å². The normalized spacial score (nSPS) is 23.2. The van der Waals surface area contributed by atoms with E-state index in [0.717, 1.165) is 12.1 Å². The van der Waals surface area contributed by atoms with Crippen molar-refractivity contribution in [3.63, 3.8) is 0 Å². The SMILES string of the molecule is CC(C)(C)[C@H]1COC(c2cc(C(F)(F)F)cc(C3=N[C@@H](C(C)(C)C)CO3)n2)=N1. The number of ether oxygens (including phenoxy) is 2. The molecule has 1 aromatic heterocycles. The van der Waals surface area contributed by atoms with Gasteiger partial charge in [0.1, 0.15) is 24.6 Å². The van der Waals surface area contributed by atoms with E-state index in [2.05, 4.69) is 15.0 Å². The van der Waals surface area contributed by atoms with E-state index in [0.29, 0.717) is 13.2 Å². The van der Waals surface area contributed by atoms with Crippen LogP contribution in [-0.4, -0.2) is 42.1 Å². The number of rotatable bonds is 2. The first-order valence-electron chi connectivity index (χ1n) is 9.26. The molecule has 1 aromatic rings. The van der Waals surface area contributed by atoms with Crippen LogP contribution >= 0.6 is 0 Å². The number of halogens is 3. The molecule has 0 aromatic carbocycles. The van der Waals surface area contributed by atoms with Crippen molar-refractivity contribution in [2.24, 2.45) is 20.8 Å². The first-order chi connectivity index (χ1) is 12.7. The Morgan fingerprint density at radius 2 is 1.18 bits per heavy atom. The molecule has 0 aliphatic carbocycles. The number of hydrogen-bond donors (Lipinski definition) is 0. The number of aromatic nitrogens is 1. The minimum Gasteiger partial charge on any atom is -0.474 e. The summed E-state index contributed by atoms with van der Waals surface area (Å²) in [5.74, 6) is 0.247. The zero-order chi connectivity index (χ0) is 20.9. The number of pyridine rings is 1. The summed E-state index contributed by atoms with van der Waals surface area (Å²) < 4.78 is 51.6. The fraction of sp³-hybridized carbons (Fsp3) is 0.650. The molecule has 2 aliphatic heterocycles. The van der Waals surface area contributed by atoms with Crippen LogP contribution in [0.5, 0.6) is 0 Å². The van der Waals surface area contributed by atoms with Crippen molar-refractivity contribution in [1.29, 1.82) is 0 Å². The third-order valence-corrected chi connectivity index (χ3v) is 4.89. The highest BCUT2D eigenvalue weighted by Crippen LogP contribution is 2.33. The van der Waals surface area contributed by atoms with Gasteiger partial charge in [-0.1, -0.05) is 41.5 Å². The first kappa shape index (κ1) is 20.6. The average molecular weight is 397 g/mol. The Labute approximate surface area is 163 Å². The average Bonchev–Trinajstić information content (AvgIpc) is 3.22. The first-order valence-corrected chi connectivity index (χ1v) is 9.26. The maximum Gasteiger partial charge on any atom is 0.416 e. The van der Waals surface area contributed by atoms with Gasteiger partial charge < -0.3 is 9.47 Å². The summed E-state index contributed by atoms with van der Waals surface area (Å²) in [6, 6.07) is 1.63. The van der Waals surface area contributed by atoms with Gasteiger partial charge in [0.25, 0.3) is 0 Å². The van der Waals surface area contributed by atoms with Crippen molar-refractivity contribution in [3.05, 3.63) is 29.1 Å². The Morgan fingerprint density at radius 3 is 1.46 bits per heavy atom. The molecular formula is C20H26F3N3O2. The van der Waals surface area contributed by atoms with E-state index in [-0.39, 0.29) is 46.1 Å². The Balaban J connectivity index is 2.03. The third-order valence-electron chi connectivity index (χ3n) is 4.89. The van der Waals surface area contributed by atoms with Crippen LogP contribution in [-0.2, 0) is 15.7 Å². The van der Waals surface area contributed by atoms with Crippen molar-refractivity contribution >= 4 is 11.8 Å². The Kier molecular flexibility index (Phi) is 4.96. The fourth-order valence-electron chi connectivity index (χ4n) is 2.83. The van der Waals surface area contributed by atoms with Crippen molar-refractivity contribution in [1.82, 2.24) is 4.98 Å². The molecule has 0 saturated carbocycles. The van der Waals surface area contributed by atoms with Gasteiger partial charge >= 0.3 is 6.18 Å². The van der Waals surface area contributed by atoms with Gasteiger partial charge in [-0.2, -0.15) is 13.2 Å². The van der Waals surface area contributed by atoms with Gasteiger partial charge in [-0.15, -0.1) is 0 Å². The number of hydrogen-bond acceptors (Lipinski definition) is 5. The summed E-state index contributed by atoms with van der Waals surface area (Å²) in [6.45, 7) is 12.7. The molecule has 0 fully saturated rings. The smallest absolute Gasteiger partial charge is 0.416 e. The molecule has 0 saturated heterocycles. The van der Waals surface area contributed by atoms with Crippen molar-refractivity contribution in [2.45, 2.75) is 59.8 Å². The van der Waals surface area contributed by atoms with Crippen LogP contribution in [0.4, 0.5) is 13.2 Å². The maximum absolute atomic E-state index is 13.5. The fourth-order valence-corrected chi connectivity index (χ4v) is 2.83. The third kappa shape index (κ3) is 4.31. The van der Waals surface area contributed by atoms with Gasteiger partial charge in [0.05, 0.1) is 17.6 Å². The van der Waals surface area contributed by atoms with Crippen LogP contribution < -0.4 is 0 Å². The molecule has 0 N–H and O–H groups in total. The van der Waals surface area contributed by atoms with Gasteiger partial charge in [-0.05, 0) is 23.0 Å². The van der Waals surface area contributed by atoms with Crippen LogP contribution in [0.15, 0.2) is 22.1 Å². The maximum atomic E-state index is 13.5. The summed E-state index contributed by atoms with van der Waals surface area (Å²) in [5, 5.41) is 0. The minimum absolute atomic E-state index is 0.0436. The van der Waals surface area contributed by atoms with E-state index in [1.165, 1.54) is 0 Å². The quantitative estimate of drug-likeness (QED) is 0.739. The highest BCUT2D eigenvalue weighted by molar-refractivity contribution is 5.97. The number of alkyl halides is 3. The van der Waals surface area contributed by atoms with Crippen LogP contribution in [0, 0.1) is 10.8 Å². The van der Waals surface area contributed by atoms with Gasteiger partial charge in [0, 0.05) is 0 Å². The molecular weight excluding hydrogens is 371 g/mol. The summed E-state index contributed by atoms with van der Waals surface area (Å²) >= 11 is 0. The van der Waals surface area contributed by atoms with Crippen molar-refractivity contribution in [2.75, 3.05) is 13.2 Å². The summed E-state index contributed by atoms with van der Waals surface area (Å²) in [7, 11) is 0. The van der Waals surface area contributed by atoms with Crippen LogP contribution in [0.25, 0.3) is 0 Å². The summed E-state index contributed by atoms with van der Waals surface area (Å²) in [5.41, 5.74) is -1.07. The number of nitrogens with zero attached hydrogens (tertiary/aromatic N) is 3. The number of aliphatic imine (C=N–C) groups is 2. The molecule has 2 atom stereocenters. The molecule has 0 spiro atoms. The minimum atomic E-state index is -4.53. The molecule has 8 heteroatoms. The van der Waals surface area contributed by atoms with E-state index in [1.807, 2.05) is 41.5 Å². The Hall–Kier alpha value is -2.12. The predicted molar refractivity (Wildman–Crippen MR) is 101 cm³/mol. The standard InChI is InChI=1S/C20H26F3N3O2/c1-18(2,3)14-9-27-16(25-14)12-7-11(20(21,22)23)8-13(24-12)17-26-15(10-28-17)19(4,5)6/h7-8,14-15H,9-10H2,1-6H3/t14-,15-/m1/s1. The van der Waals surface area contributed by atoms with E-state index in [4.69, 9.17) is 9.47 Å². The molecule has 0 amide bonds. The lowest BCUT2D eigenvalue weighted by Crippen LogP contribution is -2.25. The van der Waals surface area contributed by atoms with Crippen LogP contribution in [0.2, 0.25) is 0 Å². The van der Waals surface area contributed by atoms with Gasteiger partial charge in [0.15, 0.2) is 0 Å². The van der Waals surface area contributed by atoms with Crippen molar-refractivity contribution in [3.8, 4) is 0 Å². The lowest BCUT2D eigenvalue weighted by molar-refractivity contribution is -0.137. The highest BCUT2D eigenvalue weighted by Gasteiger charge is 2.37. The molecule has 0 unspecified atom stereocenters. The van der Waals surface area contributed by atoms with E-state index in [9.17, 15) is 13.2 Å². The van der Waals surface area contributed by atoms with Crippen molar-refractivity contribution < 1.29 is 22.6 Å². The predicted octanol–water partition coefficient (Wildman–Crippen LogP) is 4.48. The Bertz CT molecular complexity index is 759. The zero-order valence-corrected chi connectivity index (χ0v) is 17.0. The largest absolute Gasteiger partial charge is 0.474 e. The molecule has 2 aliphatic rings. The second kappa shape index (κ2) is 6.74. The molecule has 154 valence electrons. The second-order valence-corrected chi connectivity index (χ2v) is 9.38. The molecule has 5 nitrogen and oxygen atoms in total. The van der Waals surface area contributed by atoms with Crippen LogP contribution in [0.3, 0.4) is 0 Å². The van der Waals surface area contributed by atoms with E-state index >= 15 is 0 Å². The topological polar surface area (TPSA) is 56.1 Å². The van der Waals surface area contributed by atoms with Gasteiger partial charge in [-0.25, -0.2) is 15.0 Å². The van der Waals surface area contributed by atoms with Crippen LogP contribution in [0.1, 0.15) is 58.5 Å². The lowest BCUT2D eigenvalue weighted by atomic mass is 9.88. The summed E-state index contributed by atoms with van der Waals surface area (Å²) in [4.78, 5) is 13.2. The molecule has 0 bridgehead atoms. The molecule has 3 rings (SSSR count). The summed E-state index contributed by atoms with van der Waals surface area (Å²) in [6.07, 6.45) is -4.53. The molecule has 0 radical (unpaired) electrons. The Morgan fingerprint density at radius 1 is 0.786 bits per heavy atom. The lowest BCUT2D eigenvalue weighted by Gasteiger charge is -2.21. The molecule has 28 heavy (non-hydrogen) atoms. The monoisotopic (exact) mass is 397 g/mol.